The highest BCUT2D eigenvalue weighted by atomic mass is 32.2. The van der Waals surface area contributed by atoms with Crippen molar-refractivity contribution in [2.24, 2.45) is 0 Å². The summed E-state index contributed by atoms with van der Waals surface area (Å²) in [4.78, 5) is 25.9. The Bertz CT molecular complexity index is 1410. The molecule has 0 bridgehead atoms. The fourth-order valence-corrected chi connectivity index (χ4v) is 6.29. The normalized spacial score (nSPS) is 17.6. The predicted octanol–water partition coefficient (Wildman–Crippen LogP) is 4.06. The molecule has 0 radical (unpaired) electrons. The molecule has 34 heavy (non-hydrogen) atoms. The van der Waals surface area contributed by atoms with Crippen LogP contribution < -0.4 is 10.5 Å². The molecule has 9 heteroatoms. The van der Waals surface area contributed by atoms with Crippen molar-refractivity contribution < 1.29 is 22.4 Å². The molecule has 0 saturated carbocycles. The van der Waals surface area contributed by atoms with Crippen LogP contribution in [0.25, 0.3) is 11.0 Å². The number of rotatable bonds is 5. The van der Waals surface area contributed by atoms with Crippen LogP contribution in [0, 0.1) is 0 Å². The minimum atomic E-state index is -3.72. The molecule has 1 aromatic heterocycles. The Hall–Kier alpha value is -3.17. The number of hydrogen-bond acceptors (Lipinski definition) is 6. The van der Waals surface area contributed by atoms with Gasteiger partial charge in [0.2, 0.25) is 10.0 Å². The Morgan fingerprint density at radius 1 is 1.00 bits per heavy atom. The Morgan fingerprint density at radius 3 is 2.56 bits per heavy atom. The van der Waals surface area contributed by atoms with Crippen molar-refractivity contribution in [2.75, 3.05) is 18.0 Å². The summed E-state index contributed by atoms with van der Waals surface area (Å²) < 4.78 is 38.5. The van der Waals surface area contributed by atoms with Gasteiger partial charge in [0.1, 0.15) is 12.2 Å². The third-order valence-corrected chi connectivity index (χ3v) is 8.40. The first-order valence-corrected chi connectivity index (χ1v) is 12.9. The summed E-state index contributed by atoms with van der Waals surface area (Å²) in [7, 11) is -3.72. The first kappa shape index (κ1) is 22.6. The van der Waals surface area contributed by atoms with E-state index in [0.29, 0.717) is 36.9 Å². The van der Waals surface area contributed by atoms with E-state index in [1.807, 2.05) is 6.07 Å². The highest BCUT2D eigenvalue weighted by Crippen LogP contribution is 2.34. The van der Waals surface area contributed by atoms with Gasteiger partial charge >= 0.3 is 11.7 Å². The number of benzene rings is 2. The van der Waals surface area contributed by atoms with Gasteiger partial charge in [-0.3, -0.25) is 4.90 Å². The number of aryl methyl sites for hydroxylation is 1. The van der Waals surface area contributed by atoms with Gasteiger partial charge in [-0.25, -0.2) is 18.0 Å². The van der Waals surface area contributed by atoms with Gasteiger partial charge in [-0.1, -0.05) is 25.5 Å². The van der Waals surface area contributed by atoms with Crippen molar-refractivity contribution in [3.05, 3.63) is 70.1 Å². The van der Waals surface area contributed by atoms with E-state index in [4.69, 9.17) is 9.15 Å². The van der Waals surface area contributed by atoms with Gasteiger partial charge in [-0.15, -0.1) is 0 Å². The van der Waals surface area contributed by atoms with Crippen molar-refractivity contribution in [1.82, 2.24) is 4.31 Å². The summed E-state index contributed by atoms with van der Waals surface area (Å²) >= 11 is 0. The van der Waals surface area contributed by atoms with Crippen LogP contribution in [0.1, 0.15) is 37.3 Å². The SMILES string of the molecule is CCCc1ccc2c(c1)COC(=O)N2C1CCN(S(=O)(=O)c2ccc3oc(=O)ccc3c2)CC1. The van der Waals surface area contributed by atoms with Crippen LogP contribution in [0.2, 0.25) is 0 Å². The Morgan fingerprint density at radius 2 is 1.79 bits per heavy atom. The molecule has 2 aliphatic rings. The molecule has 1 saturated heterocycles. The molecule has 178 valence electrons. The summed E-state index contributed by atoms with van der Waals surface area (Å²) in [6.45, 7) is 2.98. The van der Waals surface area contributed by atoms with Crippen LogP contribution in [-0.4, -0.2) is 37.9 Å². The summed E-state index contributed by atoms with van der Waals surface area (Å²) in [5.41, 5.74) is 2.92. The molecule has 0 atom stereocenters. The zero-order chi connectivity index (χ0) is 23.9. The van der Waals surface area contributed by atoms with Crippen LogP contribution in [0.4, 0.5) is 10.5 Å². The molecule has 0 N–H and O–H groups in total. The number of ether oxygens (including phenoxy) is 1. The van der Waals surface area contributed by atoms with Crippen LogP contribution in [0.5, 0.6) is 0 Å². The monoisotopic (exact) mass is 482 g/mol. The maximum atomic E-state index is 13.3. The van der Waals surface area contributed by atoms with E-state index < -0.39 is 15.6 Å². The van der Waals surface area contributed by atoms with Gasteiger partial charge in [0.05, 0.1) is 10.6 Å². The van der Waals surface area contributed by atoms with E-state index >= 15 is 0 Å². The average molecular weight is 483 g/mol. The zero-order valence-corrected chi connectivity index (χ0v) is 19.7. The van der Waals surface area contributed by atoms with E-state index in [0.717, 1.165) is 24.1 Å². The lowest BCUT2D eigenvalue weighted by atomic mass is 10.00. The minimum Gasteiger partial charge on any atom is -0.444 e. The van der Waals surface area contributed by atoms with Crippen molar-refractivity contribution >= 4 is 32.8 Å². The number of cyclic esters (lactones) is 1. The molecule has 3 heterocycles. The number of sulfonamides is 1. The van der Waals surface area contributed by atoms with E-state index in [-0.39, 0.29) is 23.6 Å². The lowest BCUT2D eigenvalue weighted by Gasteiger charge is -2.40. The largest absolute Gasteiger partial charge is 0.444 e. The van der Waals surface area contributed by atoms with E-state index in [1.165, 1.54) is 34.1 Å². The molecular weight excluding hydrogens is 456 g/mol. The van der Waals surface area contributed by atoms with Gasteiger partial charge in [-0.2, -0.15) is 4.31 Å². The predicted molar refractivity (Wildman–Crippen MR) is 127 cm³/mol. The lowest BCUT2D eigenvalue weighted by molar-refractivity contribution is 0.135. The summed E-state index contributed by atoms with van der Waals surface area (Å²) in [5, 5.41) is 0.547. The number of hydrogen-bond donors (Lipinski definition) is 0. The number of carbonyl (C=O) groups is 1. The highest BCUT2D eigenvalue weighted by molar-refractivity contribution is 7.89. The van der Waals surface area contributed by atoms with E-state index in [1.54, 1.807) is 11.0 Å². The fraction of sp³-hybridized carbons (Fsp3) is 0.360. The number of carbonyl (C=O) groups excluding carboxylic acids is 1. The lowest BCUT2D eigenvalue weighted by Crippen LogP contribution is -2.50. The average Bonchev–Trinajstić information content (AvgIpc) is 2.84. The third kappa shape index (κ3) is 4.10. The Labute approximate surface area is 197 Å². The first-order valence-electron chi connectivity index (χ1n) is 11.5. The van der Waals surface area contributed by atoms with E-state index in [2.05, 4.69) is 19.1 Å². The van der Waals surface area contributed by atoms with Gasteiger partial charge < -0.3 is 9.15 Å². The van der Waals surface area contributed by atoms with Crippen LogP contribution in [-0.2, 0) is 27.8 Å². The molecule has 1 amide bonds. The Kier molecular flexibility index (Phi) is 5.91. The standard InChI is InChI=1S/C25H26N2O6S/c1-2-3-17-4-7-22-19(14-17)16-32-25(29)27(22)20-10-12-26(13-11-20)34(30,31)21-6-8-23-18(15-21)5-9-24(28)33-23/h4-9,14-15,20H,2-3,10-13,16H2,1H3. The summed E-state index contributed by atoms with van der Waals surface area (Å²) in [5.74, 6) is 0. The quantitative estimate of drug-likeness (QED) is 0.509. The molecule has 0 unspecified atom stereocenters. The molecule has 3 aromatic rings. The summed E-state index contributed by atoms with van der Waals surface area (Å²) in [6.07, 6.45) is 2.65. The highest BCUT2D eigenvalue weighted by Gasteiger charge is 2.37. The second-order valence-corrected chi connectivity index (χ2v) is 10.7. The van der Waals surface area contributed by atoms with Crippen molar-refractivity contribution in [3.8, 4) is 0 Å². The van der Waals surface area contributed by atoms with Crippen LogP contribution >= 0.6 is 0 Å². The zero-order valence-electron chi connectivity index (χ0n) is 18.9. The van der Waals surface area contributed by atoms with Gasteiger partial charge in [0, 0.05) is 36.1 Å². The topological polar surface area (TPSA) is 97.1 Å². The maximum absolute atomic E-state index is 13.3. The van der Waals surface area contributed by atoms with Gasteiger partial charge in [-0.05, 0) is 55.2 Å². The summed E-state index contributed by atoms with van der Waals surface area (Å²) in [6, 6.07) is 13.3. The fourth-order valence-electron chi connectivity index (χ4n) is 4.79. The number of piperidine rings is 1. The number of amides is 1. The van der Waals surface area contributed by atoms with Gasteiger partial charge in [0.15, 0.2) is 0 Å². The van der Waals surface area contributed by atoms with Crippen molar-refractivity contribution in [2.45, 2.75) is 50.2 Å². The molecule has 0 aliphatic carbocycles. The van der Waals surface area contributed by atoms with Crippen molar-refractivity contribution in [3.63, 3.8) is 0 Å². The number of fused-ring (bicyclic) bond motifs is 2. The molecule has 8 nitrogen and oxygen atoms in total. The third-order valence-electron chi connectivity index (χ3n) is 6.51. The molecule has 0 spiro atoms. The van der Waals surface area contributed by atoms with E-state index in [9.17, 15) is 18.0 Å². The minimum absolute atomic E-state index is 0.138. The van der Waals surface area contributed by atoms with Crippen LogP contribution in [0.3, 0.4) is 0 Å². The second-order valence-electron chi connectivity index (χ2n) is 8.73. The number of anilines is 1. The maximum Gasteiger partial charge on any atom is 0.414 e. The first-order chi connectivity index (χ1) is 16.4. The molecule has 2 aromatic carbocycles. The molecule has 5 rings (SSSR count). The molecular formula is C25H26N2O6S. The van der Waals surface area contributed by atoms with Gasteiger partial charge in [0.25, 0.3) is 0 Å². The van der Waals surface area contributed by atoms with Crippen molar-refractivity contribution in [1.29, 1.82) is 0 Å². The second kappa shape index (κ2) is 8.88. The number of nitrogens with zero attached hydrogens (tertiary/aromatic N) is 2. The molecule has 1 fully saturated rings. The van der Waals surface area contributed by atoms with Crippen LogP contribution in [0.15, 0.2) is 62.6 Å². The smallest absolute Gasteiger partial charge is 0.414 e. The molecule has 2 aliphatic heterocycles. The Balaban J connectivity index is 1.34.